The lowest BCUT2D eigenvalue weighted by Crippen LogP contribution is -2.39. The Bertz CT molecular complexity index is 828. The molecule has 7 heteroatoms. The van der Waals surface area contributed by atoms with Crippen molar-refractivity contribution in [2.75, 3.05) is 26.7 Å². The second-order valence-corrected chi connectivity index (χ2v) is 6.29. The summed E-state index contributed by atoms with van der Waals surface area (Å²) < 4.78 is 12.7. The minimum absolute atomic E-state index is 0.511. The molecule has 2 heterocycles. The summed E-state index contributed by atoms with van der Waals surface area (Å²) in [5, 5.41) is 11.0. The molecule has 0 amide bonds. The van der Waals surface area contributed by atoms with Gasteiger partial charge in [-0.25, -0.2) is 4.68 Å². The largest absolute Gasteiger partial charge is 0.467 e. The standard InChI is InChI=1S/C21H27N5O2/c1-22-21(23-11-6-13-27-17-20-9-5-14-28-20)24-12-10-18-15-25-26(16-18)19-7-3-2-4-8-19/h2-5,7-9,14-16H,6,10-13,17H2,1H3,(H2,22,23,24). The van der Waals surface area contributed by atoms with Crippen LogP contribution in [0.4, 0.5) is 0 Å². The fourth-order valence-electron chi connectivity index (χ4n) is 2.71. The van der Waals surface area contributed by atoms with E-state index in [0.717, 1.165) is 43.3 Å². The van der Waals surface area contributed by atoms with Crippen LogP contribution >= 0.6 is 0 Å². The van der Waals surface area contributed by atoms with Crippen molar-refractivity contribution >= 4 is 5.96 Å². The molecule has 7 nitrogen and oxygen atoms in total. The van der Waals surface area contributed by atoms with Crippen LogP contribution in [0.3, 0.4) is 0 Å². The van der Waals surface area contributed by atoms with Crippen molar-refractivity contribution in [2.45, 2.75) is 19.4 Å². The Morgan fingerprint density at radius 2 is 2.00 bits per heavy atom. The zero-order valence-corrected chi connectivity index (χ0v) is 16.2. The molecule has 0 saturated carbocycles. The van der Waals surface area contributed by atoms with E-state index < -0.39 is 0 Å². The summed E-state index contributed by atoms with van der Waals surface area (Å²) in [7, 11) is 1.77. The number of rotatable bonds is 10. The summed E-state index contributed by atoms with van der Waals surface area (Å²) in [4.78, 5) is 4.25. The minimum atomic E-state index is 0.511. The van der Waals surface area contributed by atoms with Crippen LogP contribution in [-0.4, -0.2) is 42.5 Å². The molecule has 0 bridgehead atoms. The van der Waals surface area contributed by atoms with Gasteiger partial charge >= 0.3 is 0 Å². The van der Waals surface area contributed by atoms with Gasteiger partial charge in [0.25, 0.3) is 0 Å². The zero-order valence-electron chi connectivity index (χ0n) is 16.2. The van der Waals surface area contributed by atoms with E-state index in [1.54, 1.807) is 13.3 Å². The maximum atomic E-state index is 5.57. The molecule has 0 aliphatic heterocycles. The van der Waals surface area contributed by atoms with Crippen LogP contribution in [0.15, 0.2) is 70.5 Å². The number of furan rings is 1. The van der Waals surface area contributed by atoms with Crippen molar-refractivity contribution in [3.8, 4) is 5.69 Å². The Labute approximate surface area is 165 Å². The molecule has 0 spiro atoms. The van der Waals surface area contributed by atoms with Gasteiger partial charge in [0.15, 0.2) is 5.96 Å². The molecule has 2 aromatic heterocycles. The fourth-order valence-corrected chi connectivity index (χ4v) is 2.71. The monoisotopic (exact) mass is 381 g/mol. The average Bonchev–Trinajstić information content (AvgIpc) is 3.42. The molecule has 3 aromatic rings. The third-order valence-corrected chi connectivity index (χ3v) is 4.17. The number of nitrogens with one attached hydrogen (secondary N) is 2. The second kappa shape index (κ2) is 10.9. The highest BCUT2D eigenvalue weighted by Crippen LogP contribution is 2.07. The van der Waals surface area contributed by atoms with Crippen LogP contribution in [0.2, 0.25) is 0 Å². The van der Waals surface area contributed by atoms with E-state index in [1.807, 2.05) is 53.3 Å². The summed E-state index contributed by atoms with van der Waals surface area (Å²) in [6.45, 7) is 2.76. The number of ether oxygens (including phenoxy) is 1. The molecule has 0 unspecified atom stereocenters. The maximum Gasteiger partial charge on any atom is 0.190 e. The van der Waals surface area contributed by atoms with Crippen molar-refractivity contribution in [2.24, 2.45) is 4.99 Å². The van der Waals surface area contributed by atoms with Crippen LogP contribution in [0.5, 0.6) is 0 Å². The normalized spacial score (nSPS) is 11.5. The summed E-state index contributed by atoms with van der Waals surface area (Å²) in [5.41, 5.74) is 2.24. The minimum Gasteiger partial charge on any atom is -0.467 e. The quantitative estimate of drug-likeness (QED) is 0.321. The van der Waals surface area contributed by atoms with Crippen LogP contribution in [0.1, 0.15) is 17.7 Å². The first-order valence-electron chi connectivity index (χ1n) is 9.49. The fraction of sp³-hybridized carbons (Fsp3) is 0.333. The molecule has 2 N–H and O–H groups in total. The van der Waals surface area contributed by atoms with E-state index in [0.29, 0.717) is 13.2 Å². The van der Waals surface area contributed by atoms with E-state index in [2.05, 4.69) is 26.9 Å². The first-order valence-corrected chi connectivity index (χ1v) is 9.49. The molecule has 1 aromatic carbocycles. The first-order chi connectivity index (χ1) is 13.8. The van der Waals surface area contributed by atoms with Crippen molar-refractivity contribution in [1.29, 1.82) is 0 Å². The van der Waals surface area contributed by atoms with E-state index in [1.165, 1.54) is 5.56 Å². The number of hydrogen-bond acceptors (Lipinski definition) is 4. The molecular weight excluding hydrogens is 354 g/mol. The van der Waals surface area contributed by atoms with Gasteiger partial charge in [0.1, 0.15) is 12.4 Å². The Morgan fingerprint density at radius 1 is 1.14 bits per heavy atom. The molecule has 0 aliphatic carbocycles. The van der Waals surface area contributed by atoms with Crippen molar-refractivity contribution < 1.29 is 9.15 Å². The summed E-state index contributed by atoms with van der Waals surface area (Å²) in [6.07, 6.45) is 7.39. The lowest BCUT2D eigenvalue weighted by atomic mass is 10.2. The topological polar surface area (TPSA) is 76.6 Å². The van der Waals surface area contributed by atoms with Crippen molar-refractivity contribution in [1.82, 2.24) is 20.4 Å². The van der Waals surface area contributed by atoms with Crippen LogP contribution in [0.25, 0.3) is 5.69 Å². The predicted octanol–water partition coefficient (Wildman–Crippen LogP) is 2.78. The van der Waals surface area contributed by atoms with E-state index in [-0.39, 0.29) is 0 Å². The summed E-state index contributed by atoms with van der Waals surface area (Å²) in [5.74, 6) is 1.64. The zero-order chi connectivity index (χ0) is 19.4. The van der Waals surface area contributed by atoms with Crippen LogP contribution in [-0.2, 0) is 17.8 Å². The lowest BCUT2D eigenvalue weighted by Gasteiger charge is -2.11. The van der Waals surface area contributed by atoms with Gasteiger partial charge in [-0.2, -0.15) is 5.10 Å². The third-order valence-electron chi connectivity index (χ3n) is 4.17. The molecule has 3 rings (SSSR count). The number of hydrogen-bond donors (Lipinski definition) is 2. The highest BCUT2D eigenvalue weighted by Gasteiger charge is 2.02. The third kappa shape index (κ3) is 6.28. The molecule has 0 aliphatic rings. The van der Waals surface area contributed by atoms with Crippen molar-refractivity contribution in [3.63, 3.8) is 0 Å². The van der Waals surface area contributed by atoms with E-state index in [9.17, 15) is 0 Å². The Kier molecular flexibility index (Phi) is 7.69. The van der Waals surface area contributed by atoms with Gasteiger partial charge in [-0.3, -0.25) is 4.99 Å². The van der Waals surface area contributed by atoms with Gasteiger partial charge in [0, 0.05) is 32.9 Å². The van der Waals surface area contributed by atoms with E-state index in [4.69, 9.17) is 9.15 Å². The van der Waals surface area contributed by atoms with Crippen molar-refractivity contribution in [3.05, 3.63) is 72.4 Å². The van der Waals surface area contributed by atoms with E-state index >= 15 is 0 Å². The predicted molar refractivity (Wildman–Crippen MR) is 110 cm³/mol. The molecule has 0 fully saturated rings. The summed E-state index contributed by atoms with van der Waals surface area (Å²) in [6, 6.07) is 13.9. The smallest absolute Gasteiger partial charge is 0.190 e. The van der Waals surface area contributed by atoms with Gasteiger partial charge in [-0.05, 0) is 42.7 Å². The van der Waals surface area contributed by atoms with Gasteiger partial charge in [0.2, 0.25) is 0 Å². The number of aromatic nitrogens is 2. The maximum absolute atomic E-state index is 5.57. The Hall–Kier alpha value is -3.06. The van der Waals surface area contributed by atoms with Gasteiger partial charge in [-0.1, -0.05) is 18.2 Å². The molecule has 28 heavy (non-hydrogen) atoms. The SMILES string of the molecule is CN=C(NCCCOCc1ccco1)NCCc1cnn(-c2ccccc2)c1. The summed E-state index contributed by atoms with van der Waals surface area (Å²) >= 11 is 0. The number of benzene rings is 1. The highest BCUT2D eigenvalue weighted by atomic mass is 16.5. The van der Waals surface area contributed by atoms with Gasteiger partial charge in [-0.15, -0.1) is 0 Å². The second-order valence-electron chi connectivity index (χ2n) is 6.29. The highest BCUT2D eigenvalue weighted by molar-refractivity contribution is 5.79. The molecule has 0 radical (unpaired) electrons. The number of guanidine groups is 1. The Morgan fingerprint density at radius 3 is 2.79 bits per heavy atom. The molecular formula is C21H27N5O2. The molecule has 0 atom stereocenters. The van der Waals surface area contributed by atoms with Gasteiger partial charge in [0.05, 0.1) is 18.1 Å². The lowest BCUT2D eigenvalue weighted by molar-refractivity contribution is 0.105. The average molecular weight is 381 g/mol. The first kappa shape index (κ1) is 19.7. The van der Waals surface area contributed by atoms with Crippen LogP contribution < -0.4 is 10.6 Å². The molecule has 148 valence electrons. The molecule has 0 saturated heterocycles. The number of para-hydroxylation sites is 1. The Balaban J connectivity index is 1.29. The number of aliphatic imine (C=N–C) groups is 1. The van der Waals surface area contributed by atoms with Gasteiger partial charge < -0.3 is 19.8 Å². The number of nitrogens with zero attached hydrogens (tertiary/aromatic N) is 3. The van der Waals surface area contributed by atoms with Crippen LogP contribution in [0, 0.1) is 0 Å².